The summed E-state index contributed by atoms with van der Waals surface area (Å²) in [6.45, 7) is 2.84. The van der Waals surface area contributed by atoms with E-state index in [1.54, 1.807) is 13.1 Å². The van der Waals surface area contributed by atoms with Gasteiger partial charge in [-0.1, -0.05) is 30.3 Å². The Morgan fingerprint density at radius 2 is 1.76 bits per heavy atom. The number of piperidine rings is 1. The van der Waals surface area contributed by atoms with Gasteiger partial charge in [-0.25, -0.2) is 8.78 Å². The highest BCUT2D eigenvalue weighted by Crippen LogP contribution is 2.41. The zero-order valence-corrected chi connectivity index (χ0v) is 16.7. The molecule has 4 rings (SSSR count). The SMILES string of the molecule is CN=C(NC1CCN(Cc2ccc(F)cc2)CC1)NC1CC1c1ccccc1F. The molecule has 1 aliphatic carbocycles. The van der Waals surface area contributed by atoms with E-state index in [1.165, 1.54) is 18.2 Å². The van der Waals surface area contributed by atoms with Crippen LogP contribution in [0.25, 0.3) is 0 Å². The minimum atomic E-state index is -0.191. The summed E-state index contributed by atoms with van der Waals surface area (Å²) in [5.74, 6) is 0.694. The molecule has 1 saturated carbocycles. The molecular formula is C23H28F2N4. The zero-order valence-electron chi connectivity index (χ0n) is 16.7. The minimum Gasteiger partial charge on any atom is -0.354 e. The molecule has 2 fully saturated rings. The molecule has 0 aromatic heterocycles. The maximum Gasteiger partial charge on any atom is 0.191 e. The van der Waals surface area contributed by atoms with E-state index in [9.17, 15) is 8.78 Å². The van der Waals surface area contributed by atoms with E-state index in [-0.39, 0.29) is 23.6 Å². The molecule has 6 heteroatoms. The summed E-state index contributed by atoms with van der Waals surface area (Å²) < 4.78 is 27.0. The smallest absolute Gasteiger partial charge is 0.191 e. The van der Waals surface area contributed by atoms with Gasteiger partial charge < -0.3 is 10.6 Å². The summed E-state index contributed by atoms with van der Waals surface area (Å²) in [6.07, 6.45) is 2.99. The van der Waals surface area contributed by atoms with Crippen LogP contribution in [0.15, 0.2) is 53.5 Å². The Bertz CT molecular complexity index is 844. The van der Waals surface area contributed by atoms with Gasteiger partial charge in [-0.15, -0.1) is 0 Å². The first-order valence-electron chi connectivity index (χ1n) is 10.3. The molecular weight excluding hydrogens is 370 g/mol. The maximum atomic E-state index is 14.0. The Labute approximate surface area is 171 Å². The molecule has 2 aromatic carbocycles. The predicted octanol–water partition coefficient (Wildman–Crippen LogP) is 3.65. The molecule has 1 saturated heterocycles. The highest BCUT2D eigenvalue weighted by molar-refractivity contribution is 5.80. The molecule has 0 bridgehead atoms. The van der Waals surface area contributed by atoms with E-state index >= 15 is 0 Å². The fraction of sp³-hybridized carbons (Fsp3) is 0.435. The third kappa shape index (κ3) is 5.12. The van der Waals surface area contributed by atoms with Gasteiger partial charge in [-0.05, 0) is 48.6 Å². The van der Waals surface area contributed by atoms with Crippen LogP contribution in [0.4, 0.5) is 8.78 Å². The van der Waals surface area contributed by atoms with Gasteiger partial charge in [-0.2, -0.15) is 0 Å². The third-order valence-electron chi connectivity index (χ3n) is 5.89. The molecule has 2 N–H and O–H groups in total. The van der Waals surface area contributed by atoms with Crippen molar-refractivity contribution in [2.45, 2.75) is 43.8 Å². The average Bonchev–Trinajstić information content (AvgIpc) is 3.50. The summed E-state index contributed by atoms with van der Waals surface area (Å²) in [5, 5.41) is 6.97. The number of halogens is 2. The summed E-state index contributed by atoms with van der Waals surface area (Å²) in [5.41, 5.74) is 1.93. The summed E-state index contributed by atoms with van der Waals surface area (Å²) in [6, 6.07) is 14.4. The van der Waals surface area contributed by atoms with E-state index < -0.39 is 0 Å². The van der Waals surface area contributed by atoms with Gasteiger partial charge in [0.2, 0.25) is 0 Å². The van der Waals surface area contributed by atoms with Crippen LogP contribution >= 0.6 is 0 Å². The number of aliphatic imine (C=N–C) groups is 1. The highest BCUT2D eigenvalue weighted by atomic mass is 19.1. The summed E-state index contributed by atoms with van der Waals surface area (Å²) in [7, 11) is 1.78. The number of benzene rings is 2. The largest absolute Gasteiger partial charge is 0.354 e. The second-order valence-corrected chi connectivity index (χ2v) is 8.01. The first kappa shape index (κ1) is 19.8. The Morgan fingerprint density at radius 3 is 2.45 bits per heavy atom. The molecule has 4 nitrogen and oxygen atoms in total. The molecule has 0 spiro atoms. The minimum absolute atomic E-state index is 0.127. The Kier molecular flexibility index (Phi) is 6.09. The number of rotatable bonds is 5. The lowest BCUT2D eigenvalue weighted by molar-refractivity contribution is 0.198. The third-order valence-corrected chi connectivity index (χ3v) is 5.89. The average molecular weight is 399 g/mol. The van der Waals surface area contributed by atoms with Gasteiger partial charge in [-0.3, -0.25) is 9.89 Å². The molecule has 2 atom stereocenters. The van der Waals surface area contributed by atoms with Crippen LogP contribution in [-0.4, -0.2) is 43.1 Å². The van der Waals surface area contributed by atoms with E-state index in [0.717, 1.165) is 56.0 Å². The van der Waals surface area contributed by atoms with Crippen LogP contribution in [0.3, 0.4) is 0 Å². The van der Waals surface area contributed by atoms with Gasteiger partial charge in [0.05, 0.1) is 0 Å². The summed E-state index contributed by atoms with van der Waals surface area (Å²) in [4.78, 5) is 6.76. The number of guanidine groups is 1. The molecule has 1 aliphatic heterocycles. The molecule has 1 heterocycles. The van der Waals surface area contributed by atoms with Gasteiger partial charge in [0.25, 0.3) is 0 Å². The lowest BCUT2D eigenvalue weighted by Gasteiger charge is -2.33. The van der Waals surface area contributed by atoms with Crippen molar-refractivity contribution < 1.29 is 8.78 Å². The van der Waals surface area contributed by atoms with Crippen molar-refractivity contribution in [2.75, 3.05) is 20.1 Å². The lowest BCUT2D eigenvalue weighted by Crippen LogP contribution is -2.49. The van der Waals surface area contributed by atoms with E-state index in [4.69, 9.17) is 0 Å². The second kappa shape index (κ2) is 8.91. The fourth-order valence-electron chi connectivity index (χ4n) is 4.10. The van der Waals surface area contributed by atoms with E-state index in [0.29, 0.717) is 6.04 Å². The lowest BCUT2D eigenvalue weighted by atomic mass is 10.0. The molecule has 29 heavy (non-hydrogen) atoms. The molecule has 0 amide bonds. The first-order chi connectivity index (χ1) is 14.1. The fourth-order valence-corrected chi connectivity index (χ4v) is 4.10. The Hall–Kier alpha value is -2.47. The molecule has 2 aromatic rings. The number of hydrogen-bond donors (Lipinski definition) is 2. The van der Waals surface area contributed by atoms with Gasteiger partial charge in [0, 0.05) is 44.7 Å². The predicted molar refractivity (Wildman–Crippen MR) is 112 cm³/mol. The van der Waals surface area contributed by atoms with Crippen LogP contribution in [0.1, 0.15) is 36.3 Å². The van der Waals surface area contributed by atoms with Gasteiger partial charge >= 0.3 is 0 Å². The molecule has 2 aliphatic rings. The van der Waals surface area contributed by atoms with Crippen LogP contribution in [0, 0.1) is 11.6 Å². The maximum absolute atomic E-state index is 14.0. The zero-order chi connectivity index (χ0) is 20.2. The quantitative estimate of drug-likeness (QED) is 0.597. The topological polar surface area (TPSA) is 39.7 Å². The van der Waals surface area contributed by atoms with Gasteiger partial charge in [0.15, 0.2) is 5.96 Å². The Balaban J connectivity index is 1.22. The van der Waals surface area contributed by atoms with Gasteiger partial charge in [0.1, 0.15) is 11.6 Å². The second-order valence-electron chi connectivity index (χ2n) is 8.01. The number of nitrogens with zero attached hydrogens (tertiary/aromatic N) is 2. The first-order valence-corrected chi connectivity index (χ1v) is 10.3. The number of nitrogens with one attached hydrogen (secondary N) is 2. The summed E-state index contributed by atoms with van der Waals surface area (Å²) >= 11 is 0. The molecule has 2 unspecified atom stereocenters. The van der Waals surface area contributed by atoms with Crippen molar-refractivity contribution in [3.05, 3.63) is 71.3 Å². The number of hydrogen-bond acceptors (Lipinski definition) is 2. The van der Waals surface area contributed by atoms with E-state index in [2.05, 4.69) is 20.5 Å². The number of likely N-dealkylation sites (tertiary alicyclic amines) is 1. The van der Waals surface area contributed by atoms with Crippen molar-refractivity contribution in [1.82, 2.24) is 15.5 Å². The standard InChI is InChI=1S/C23H28F2N4/c1-26-23(28-22-14-20(22)19-4-2-3-5-21(19)25)27-18-10-12-29(13-11-18)15-16-6-8-17(24)9-7-16/h2-9,18,20,22H,10-15H2,1H3,(H2,26,27,28). The van der Waals surface area contributed by atoms with Crippen LogP contribution in [-0.2, 0) is 6.54 Å². The van der Waals surface area contributed by atoms with Crippen molar-refractivity contribution in [3.63, 3.8) is 0 Å². The Morgan fingerprint density at radius 1 is 1.03 bits per heavy atom. The monoisotopic (exact) mass is 398 g/mol. The van der Waals surface area contributed by atoms with Crippen LogP contribution in [0.5, 0.6) is 0 Å². The molecule has 0 radical (unpaired) electrons. The normalized spacial score (nSPS) is 23.1. The van der Waals surface area contributed by atoms with Crippen molar-refractivity contribution >= 4 is 5.96 Å². The van der Waals surface area contributed by atoms with Crippen LogP contribution < -0.4 is 10.6 Å². The van der Waals surface area contributed by atoms with E-state index in [1.807, 2.05) is 24.3 Å². The van der Waals surface area contributed by atoms with Crippen molar-refractivity contribution in [3.8, 4) is 0 Å². The highest BCUT2D eigenvalue weighted by Gasteiger charge is 2.40. The van der Waals surface area contributed by atoms with Crippen LogP contribution in [0.2, 0.25) is 0 Å². The van der Waals surface area contributed by atoms with Crippen molar-refractivity contribution in [1.29, 1.82) is 0 Å². The van der Waals surface area contributed by atoms with Crippen molar-refractivity contribution in [2.24, 2.45) is 4.99 Å². The molecule has 154 valence electrons.